The van der Waals surface area contributed by atoms with Crippen molar-refractivity contribution >= 4 is 21.4 Å². The van der Waals surface area contributed by atoms with Gasteiger partial charge in [0, 0.05) is 6.26 Å². The summed E-state index contributed by atoms with van der Waals surface area (Å²) >= 11 is 6.07. The molecule has 1 fully saturated rings. The highest BCUT2D eigenvalue weighted by molar-refractivity contribution is 7.91. The Bertz CT molecular complexity index is 750. The van der Waals surface area contributed by atoms with Crippen molar-refractivity contribution in [3.63, 3.8) is 0 Å². The third kappa shape index (κ3) is 1.94. The number of halogens is 1. The Hall–Kier alpha value is -1.40. The molecule has 2 aromatic rings. The lowest BCUT2D eigenvalue weighted by Crippen LogP contribution is -2.42. The van der Waals surface area contributed by atoms with Crippen molar-refractivity contribution in [3.8, 4) is 11.5 Å². The topological polar surface area (TPSA) is 73.1 Å². The molecule has 1 saturated carbocycles. The minimum Gasteiger partial charge on any atom is -0.334 e. The third-order valence-corrected chi connectivity index (χ3v) is 6.15. The van der Waals surface area contributed by atoms with Gasteiger partial charge < -0.3 is 4.52 Å². The fraction of sp³-hybridized carbons (Fsp3) is 0.385. The van der Waals surface area contributed by atoms with E-state index in [1.54, 1.807) is 24.3 Å². The monoisotopic (exact) mass is 312 g/mol. The number of nitrogens with zero attached hydrogens (tertiary/aromatic N) is 2. The summed E-state index contributed by atoms with van der Waals surface area (Å²) in [6.07, 6.45) is 3.14. The van der Waals surface area contributed by atoms with Crippen molar-refractivity contribution in [1.29, 1.82) is 0 Å². The van der Waals surface area contributed by atoms with E-state index in [9.17, 15) is 8.42 Å². The fourth-order valence-electron chi connectivity index (χ4n) is 2.41. The summed E-state index contributed by atoms with van der Waals surface area (Å²) in [4.78, 5) is 4.26. The first-order chi connectivity index (χ1) is 9.44. The molecule has 1 heterocycles. The Morgan fingerprint density at radius 3 is 2.55 bits per heavy atom. The van der Waals surface area contributed by atoms with Crippen molar-refractivity contribution in [3.05, 3.63) is 35.1 Å². The van der Waals surface area contributed by atoms with E-state index in [-0.39, 0.29) is 11.7 Å². The first kappa shape index (κ1) is 13.6. The Balaban J connectivity index is 2.06. The summed E-state index contributed by atoms with van der Waals surface area (Å²) in [7, 11) is -3.28. The highest BCUT2D eigenvalue weighted by Gasteiger charge is 2.51. The summed E-state index contributed by atoms with van der Waals surface area (Å²) in [6, 6.07) is 7.08. The number of aromatic nitrogens is 2. The van der Waals surface area contributed by atoms with Gasteiger partial charge in [-0.05, 0) is 31.4 Å². The molecule has 106 valence electrons. The second-order valence-corrected chi connectivity index (χ2v) is 7.76. The molecule has 5 nitrogen and oxygen atoms in total. The van der Waals surface area contributed by atoms with E-state index in [0.717, 1.165) is 6.42 Å². The summed E-state index contributed by atoms with van der Waals surface area (Å²) in [5.74, 6) is 0.488. The van der Waals surface area contributed by atoms with Gasteiger partial charge in [-0.3, -0.25) is 0 Å². The molecule has 0 saturated heterocycles. The molecule has 1 aliphatic rings. The molecule has 3 rings (SSSR count). The van der Waals surface area contributed by atoms with Crippen LogP contribution in [0.2, 0.25) is 5.02 Å². The van der Waals surface area contributed by atoms with Gasteiger partial charge in [0.05, 0.1) is 10.6 Å². The van der Waals surface area contributed by atoms with Gasteiger partial charge in [0.1, 0.15) is 4.75 Å². The second-order valence-electron chi connectivity index (χ2n) is 5.02. The first-order valence-electron chi connectivity index (χ1n) is 6.23. The van der Waals surface area contributed by atoms with Gasteiger partial charge in [-0.1, -0.05) is 28.9 Å². The Morgan fingerprint density at radius 2 is 2.00 bits per heavy atom. The van der Waals surface area contributed by atoms with Crippen LogP contribution in [-0.4, -0.2) is 24.8 Å². The zero-order valence-electron chi connectivity index (χ0n) is 10.8. The molecule has 0 N–H and O–H groups in total. The largest absolute Gasteiger partial charge is 0.334 e. The van der Waals surface area contributed by atoms with Crippen LogP contribution in [0, 0.1) is 0 Å². The number of hydrogen-bond donors (Lipinski definition) is 0. The Morgan fingerprint density at radius 1 is 1.30 bits per heavy atom. The predicted octanol–water partition coefficient (Wildman–Crippen LogP) is 2.81. The van der Waals surface area contributed by atoms with Crippen LogP contribution in [-0.2, 0) is 14.6 Å². The summed E-state index contributed by atoms with van der Waals surface area (Å²) in [5.41, 5.74) is 0.607. The van der Waals surface area contributed by atoms with Crippen LogP contribution in [0.3, 0.4) is 0 Å². The van der Waals surface area contributed by atoms with E-state index in [1.165, 1.54) is 6.26 Å². The standard InChI is InChI=1S/C13H13ClN2O3S/c1-20(17,18)13(7-4-8-13)12-15-11(19-16-12)9-5-2-3-6-10(9)14/h2-3,5-6H,4,7-8H2,1H3. The number of hydrogen-bond acceptors (Lipinski definition) is 5. The fourth-order valence-corrected chi connectivity index (χ4v) is 4.07. The van der Waals surface area contributed by atoms with Crippen molar-refractivity contribution in [2.24, 2.45) is 0 Å². The zero-order valence-corrected chi connectivity index (χ0v) is 12.4. The van der Waals surface area contributed by atoms with Gasteiger partial charge in [-0.2, -0.15) is 4.98 Å². The average Bonchev–Trinajstić information content (AvgIpc) is 2.75. The molecule has 0 spiro atoms. The van der Waals surface area contributed by atoms with E-state index in [1.807, 2.05) is 0 Å². The molecule has 0 unspecified atom stereocenters. The van der Waals surface area contributed by atoms with Crippen LogP contribution in [0.25, 0.3) is 11.5 Å². The molecule has 20 heavy (non-hydrogen) atoms. The average molecular weight is 313 g/mol. The summed E-state index contributed by atoms with van der Waals surface area (Å²) in [5, 5.41) is 4.36. The quantitative estimate of drug-likeness (QED) is 0.871. The summed E-state index contributed by atoms with van der Waals surface area (Å²) in [6.45, 7) is 0. The number of benzene rings is 1. The van der Waals surface area contributed by atoms with Gasteiger partial charge in [0.2, 0.25) is 0 Å². The van der Waals surface area contributed by atoms with Crippen LogP contribution in [0.1, 0.15) is 25.1 Å². The molecular formula is C13H13ClN2O3S. The van der Waals surface area contributed by atoms with E-state index in [4.69, 9.17) is 16.1 Å². The zero-order chi connectivity index (χ0) is 14.4. The van der Waals surface area contributed by atoms with Crippen molar-refractivity contribution in [2.75, 3.05) is 6.26 Å². The molecule has 0 radical (unpaired) electrons. The number of rotatable bonds is 3. The molecule has 1 aliphatic carbocycles. The van der Waals surface area contributed by atoms with Crippen LogP contribution in [0.5, 0.6) is 0 Å². The van der Waals surface area contributed by atoms with Crippen molar-refractivity contribution in [2.45, 2.75) is 24.0 Å². The Labute approximate surface area is 121 Å². The lowest BCUT2D eigenvalue weighted by atomic mass is 9.83. The second kappa shape index (κ2) is 4.56. The molecule has 0 atom stereocenters. The molecule has 1 aromatic carbocycles. The normalized spacial score (nSPS) is 17.7. The highest BCUT2D eigenvalue weighted by atomic mass is 35.5. The smallest absolute Gasteiger partial charge is 0.259 e. The van der Waals surface area contributed by atoms with Crippen LogP contribution in [0.4, 0.5) is 0 Å². The van der Waals surface area contributed by atoms with E-state index >= 15 is 0 Å². The molecular weight excluding hydrogens is 300 g/mol. The van der Waals surface area contributed by atoms with Crippen molar-refractivity contribution in [1.82, 2.24) is 10.1 Å². The van der Waals surface area contributed by atoms with Crippen molar-refractivity contribution < 1.29 is 12.9 Å². The molecule has 0 amide bonds. The van der Waals surface area contributed by atoms with Gasteiger partial charge in [0.15, 0.2) is 15.7 Å². The lowest BCUT2D eigenvalue weighted by Gasteiger charge is -2.36. The Kier molecular flexibility index (Phi) is 3.10. The number of sulfone groups is 1. The third-order valence-electron chi connectivity index (χ3n) is 3.81. The maximum Gasteiger partial charge on any atom is 0.259 e. The minimum atomic E-state index is -3.28. The van der Waals surface area contributed by atoms with E-state index in [0.29, 0.717) is 23.4 Å². The maximum atomic E-state index is 12.0. The van der Waals surface area contributed by atoms with Gasteiger partial charge in [0.25, 0.3) is 5.89 Å². The first-order valence-corrected chi connectivity index (χ1v) is 8.50. The molecule has 7 heteroatoms. The lowest BCUT2D eigenvalue weighted by molar-refractivity contribution is 0.314. The minimum absolute atomic E-state index is 0.237. The van der Waals surface area contributed by atoms with Crippen LogP contribution >= 0.6 is 11.6 Å². The van der Waals surface area contributed by atoms with E-state index in [2.05, 4.69) is 10.1 Å². The van der Waals surface area contributed by atoms with Gasteiger partial charge >= 0.3 is 0 Å². The van der Waals surface area contributed by atoms with Gasteiger partial charge in [-0.25, -0.2) is 8.42 Å². The molecule has 1 aromatic heterocycles. The van der Waals surface area contributed by atoms with Gasteiger partial charge in [-0.15, -0.1) is 0 Å². The van der Waals surface area contributed by atoms with E-state index < -0.39 is 14.6 Å². The SMILES string of the molecule is CS(=O)(=O)C1(c2noc(-c3ccccc3Cl)n2)CCC1. The highest BCUT2D eigenvalue weighted by Crippen LogP contribution is 2.47. The van der Waals surface area contributed by atoms with Crippen LogP contribution < -0.4 is 0 Å². The van der Waals surface area contributed by atoms with Crippen LogP contribution in [0.15, 0.2) is 28.8 Å². The maximum absolute atomic E-state index is 12.0. The molecule has 0 bridgehead atoms. The predicted molar refractivity (Wildman–Crippen MR) is 75.1 cm³/mol. The molecule has 0 aliphatic heterocycles. The summed E-state index contributed by atoms with van der Waals surface area (Å²) < 4.78 is 28.2.